The Kier molecular flexibility index (Phi) is 8.15. The molecule has 0 aliphatic carbocycles. The van der Waals surface area contributed by atoms with Crippen LogP contribution in [0.5, 0.6) is 5.75 Å². The molecule has 5 aromatic rings. The first-order chi connectivity index (χ1) is 20.3. The van der Waals surface area contributed by atoms with Gasteiger partial charge in [0.1, 0.15) is 5.75 Å². The van der Waals surface area contributed by atoms with Crippen LogP contribution in [0, 0.1) is 6.92 Å². The zero-order valence-electron chi connectivity index (χ0n) is 23.5. The summed E-state index contributed by atoms with van der Waals surface area (Å²) >= 11 is 0. The van der Waals surface area contributed by atoms with Crippen LogP contribution < -0.4 is 4.74 Å². The van der Waals surface area contributed by atoms with Crippen molar-refractivity contribution in [1.29, 1.82) is 0 Å². The zero-order chi connectivity index (χ0) is 29.8. The van der Waals surface area contributed by atoms with Crippen molar-refractivity contribution in [2.24, 2.45) is 0 Å². The molecule has 0 fully saturated rings. The number of esters is 2. The molecule has 0 atom stereocenters. The Bertz CT molecular complexity index is 1820. The third kappa shape index (κ3) is 5.78. The van der Waals surface area contributed by atoms with Crippen LogP contribution in [0.4, 0.5) is 0 Å². The number of aryl methyl sites for hydroxylation is 2. The van der Waals surface area contributed by atoms with Gasteiger partial charge < -0.3 is 18.8 Å². The monoisotopic (exact) mass is 563 g/mol. The van der Waals surface area contributed by atoms with Crippen LogP contribution in [-0.2, 0) is 16.0 Å². The number of carbonyl (C=O) groups excluding carboxylic acids is 4. The van der Waals surface area contributed by atoms with Crippen LogP contribution >= 0.6 is 0 Å². The van der Waals surface area contributed by atoms with Crippen LogP contribution in [0.2, 0.25) is 0 Å². The molecule has 0 N–H and O–H groups in total. The van der Waals surface area contributed by atoms with Crippen molar-refractivity contribution in [3.63, 3.8) is 0 Å². The van der Waals surface area contributed by atoms with Gasteiger partial charge in [-0.2, -0.15) is 0 Å². The number of carbonyl (C=O) groups is 4. The minimum absolute atomic E-state index is 0.312. The van der Waals surface area contributed by atoms with E-state index in [0.717, 1.165) is 27.4 Å². The molecule has 4 aromatic carbocycles. The Hall–Kier alpha value is -5.24. The average Bonchev–Trinajstić information content (AvgIpc) is 3.34. The van der Waals surface area contributed by atoms with Crippen molar-refractivity contribution in [1.82, 2.24) is 4.57 Å². The van der Waals surface area contributed by atoms with E-state index in [4.69, 9.17) is 14.2 Å². The van der Waals surface area contributed by atoms with E-state index in [0.29, 0.717) is 34.5 Å². The van der Waals surface area contributed by atoms with Crippen LogP contribution in [0.3, 0.4) is 0 Å². The fraction of sp³-hybridized carbons (Fsp3) is 0.176. The van der Waals surface area contributed by atoms with E-state index < -0.39 is 25.2 Å². The van der Waals surface area contributed by atoms with E-state index in [1.165, 1.54) is 7.11 Å². The maximum atomic E-state index is 13.0. The number of fused-ring (bicyclic) bond motifs is 3. The van der Waals surface area contributed by atoms with Crippen molar-refractivity contribution in [2.75, 3.05) is 20.3 Å². The van der Waals surface area contributed by atoms with Gasteiger partial charge in [-0.1, -0.05) is 17.7 Å². The van der Waals surface area contributed by atoms with Gasteiger partial charge in [-0.25, -0.2) is 9.59 Å². The first-order valence-corrected chi connectivity index (χ1v) is 13.5. The van der Waals surface area contributed by atoms with E-state index in [2.05, 4.69) is 4.57 Å². The van der Waals surface area contributed by atoms with Crippen LogP contribution in [0.25, 0.3) is 21.8 Å². The summed E-state index contributed by atoms with van der Waals surface area (Å²) < 4.78 is 17.7. The summed E-state index contributed by atoms with van der Waals surface area (Å²) in [6, 6.07) is 24.0. The molecule has 0 unspecified atom stereocenters. The summed E-state index contributed by atoms with van der Waals surface area (Å²) in [6.07, 6.45) is 0. The fourth-order valence-corrected chi connectivity index (χ4v) is 4.80. The molecule has 0 saturated heterocycles. The number of benzene rings is 4. The Labute approximate surface area is 242 Å². The number of hydrogen-bond donors (Lipinski definition) is 0. The molecule has 0 saturated carbocycles. The topological polar surface area (TPSA) is 101 Å². The molecule has 8 nitrogen and oxygen atoms in total. The highest BCUT2D eigenvalue weighted by atomic mass is 16.5. The Morgan fingerprint density at radius 2 is 1.05 bits per heavy atom. The summed E-state index contributed by atoms with van der Waals surface area (Å²) in [6.45, 7) is 3.79. The summed E-state index contributed by atoms with van der Waals surface area (Å²) in [5.41, 5.74) is 4.27. The SMILES string of the molecule is CCn1c2ccc(C(=O)COC(=O)c3ccc(C)cc3)cc2c2cc(C(=O)COC(=O)c3ccc(OC)cc3)ccc21. The number of ketones is 2. The van der Waals surface area contributed by atoms with Gasteiger partial charge in [0.2, 0.25) is 0 Å². The first kappa shape index (κ1) is 28.3. The Morgan fingerprint density at radius 3 is 1.48 bits per heavy atom. The molecule has 0 aliphatic heterocycles. The van der Waals surface area contributed by atoms with Crippen molar-refractivity contribution in [3.05, 3.63) is 113 Å². The van der Waals surface area contributed by atoms with Crippen LogP contribution in [0.1, 0.15) is 53.9 Å². The normalized spacial score (nSPS) is 10.9. The van der Waals surface area contributed by atoms with Gasteiger partial charge in [-0.15, -0.1) is 0 Å². The quantitative estimate of drug-likeness (QED) is 0.147. The van der Waals surface area contributed by atoms with Crippen LogP contribution in [0.15, 0.2) is 84.9 Å². The van der Waals surface area contributed by atoms with Crippen molar-refractivity contribution < 1.29 is 33.4 Å². The summed E-state index contributed by atoms with van der Waals surface area (Å²) in [5, 5.41) is 1.57. The Morgan fingerprint density at radius 1 is 0.619 bits per heavy atom. The van der Waals surface area contributed by atoms with E-state index in [-0.39, 0.29) is 11.6 Å². The van der Waals surface area contributed by atoms with Crippen molar-refractivity contribution in [3.8, 4) is 5.75 Å². The number of rotatable bonds is 10. The number of aromatic nitrogens is 1. The molecule has 1 heterocycles. The maximum absolute atomic E-state index is 13.0. The lowest BCUT2D eigenvalue weighted by Gasteiger charge is -2.06. The van der Waals surface area contributed by atoms with E-state index in [1.807, 2.05) is 26.0 Å². The molecule has 42 heavy (non-hydrogen) atoms. The van der Waals surface area contributed by atoms with E-state index >= 15 is 0 Å². The zero-order valence-corrected chi connectivity index (χ0v) is 23.5. The maximum Gasteiger partial charge on any atom is 0.338 e. The molecule has 0 aliphatic rings. The van der Waals surface area contributed by atoms with E-state index in [9.17, 15) is 19.2 Å². The molecule has 8 heteroatoms. The van der Waals surface area contributed by atoms with Crippen molar-refractivity contribution >= 4 is 45.3 Å². The molecule has 0 radical (unpaired) electrons. The second-order valence-electron chi connectivity index (χ2n) is 9.80. The number of methoxy groups -OCH3 is 1. The highest BCUT2D eigenvalue weighted by Crippen LogP contribution is 2.31. The van der Waals surface area contributed by atoms with Crippen LogP contribution in [-0.4, -0.2) is 48.4 Å². The predicted octanol–water partition coefficient (Wildman–Crippen LogP) is 6.21. The summed E-state index contributed by atoms with van der Waals surface area (Å²) in [7, 11) is 1.53. The van der Waals surface area contributed by atoms with Crippen molar-refractivity contribution in [2.45, 2.75) is 20.4 Å². The molecule has 212 valence electrons. The number of hydrogen-bond acceptors (Lipinski definition) is 7. The second-order valence-corrected chi connectivity index (χ2v) is 9.80. The summed E-state index contributed by atoms with van der Waals surface area (Å²) in [5.74, 6) is -1.27. The third-order valence-corrected chi connectivity index (χ3v) is 7.11. The van der Waals surface area contributed by atoms with Gasteiger partial charge in [0.15, 0.2) is 24.8 Å². The lowest BCUT2D eigenvalue weighted by molar-refractivity contribution is 0.0472. The molecular weight excluding hydrogens is 534 g/mol. The minimum Gasteiger partial charge on any atom is -0.497 e. The average molecular weight is 564 g/mol. The number of Topliss-reactive ketones (excluding diaryl/α,β-unsaturated/α-hetero) is 2. The number of nitrogens with zero attached hydrogens (tertiary/aromatic N) is 1. The van der Waals surface area contributed by atoms with Gasteiger partial charge in [0, 0.05) is 39.5 Å². The van der Waals surface area contributed by atoms with Gasteiger partial charge in [0.25, 0.3) is 0 Å². The van der Waals surface area contributed by atoms with Gasteiger partial charge in [-0.3, -0.25) is 9.59 Å². The lowest BCUT2D eigenvalue weighted by Crippen LogP contribution is -2.14. The highest BCUT2D eigenvalue weighted by molar-refractivity contribution is 6.13. The fourth-order valence-electron chi connectivity index (χ4n) is 4.80. The minimum atomic E-state index is -0.610. The predicted molar refractivity (Wildman–Crippen MR) is 159 cm³/mol. The van der Waals surface area contributed by atoms with Gasteiger partial charge in [0.05, 0.1) is 18.2 Å². The highest BCUT2D eigenvalue weighted by Gasteiger charge is 2.18. The second kappa shape index (κ2) is 12.1. The van der Waals surface area contributed by atoms with Gasteiger partial charge >= 0.3 is 11.9 Å². The standard InChI is InChI=1S/C34H29NO7/c1-4-35-29-15-11-24(31(36)19-41-33(38)22-7-5-21(2)6-8-22)17-27(29)28-18-25(12-16-30(28)35)32(37)20-42-34(39)23-9-13-26(40-3)14-10-23/h5-18H,4,19-20H2,1-3H3. The lowest BCUT2D eigenvalue weighted by atomic mass is 10.0. The summed E-state index contributed by atoms with van der Waals surface area (Å²) in [4.78, 5) is 50.8. The Balaban J connectivity index is 1.35. The largest absolute Gasteiger partial charge is 0.497 e. The molecule has 0 bridgehead atoms. The molecule has 0 spiro atoms. The third-order valence-electron chi connectivity index (χ3n) is 7.11. The number of ether oxygens (including phenoxy) is 3. The molecule has 1 aromatic heterocycles. The molecule has 0 amide bonds. The van der Waals surface area contributed by atoms with E-state index in [1.54, 1.807) is 72.8 Å². The molecular formula is C34H29NO7. The van der Waals surface area contributed by atoms with Gasteiger partial charge in [-0.05, 0) is 86.6 Å². The first-order valence-electron chi connectivity index (χ1n) is 13.5. The molecule has 5 rings (SSSR count). The smallest absolute Gasteiger partial charge is 0.338 e.